The van der Waals surface area contributed by atoms with Gasteiger partial charge >= 0.3 is 0 Å². The highest BCUT2D eigenvalue weighted by Gasteiger charge is 2.33. The van der Waals surface area contributed by atoms with Crippen LogP contribution in [-0.4, -0.2) is 22.4 Å². The van der Waals surface area contributed by atoms with E-state index in [1.807, 2.05) is 20.8 Å². The minimum absolute atomic E-state index is 0.118. The first kappa shape index (κ1) is 12.9. The van der Waals surface area contributed by atoms with Crippen molar-refractivity contribution in [2.45, 2.75) is 65.8 Å². The molecule has 0 saturated heterocycles. The van der Waals surface area contributed by atoms with Crippen LogP contribution in [0.1, 0.15) is 48.5 Å². The smallest absolute Gasteiger partial charge is 0.0886 e. The lowest BCUT2D eigenvalue weighted by Crippen LogP contribution is -2.45. The maximum atomic E-state index is 9.89. The first-order chi connectivity index (χ1) is 5.54. The molecule has 0 heterocycles. The molecule has 0 rings (SSSR count). The predicted octanol–water partition coefficient (Wildman–Crippen LogP) is 2.60. The zero-order valence-corrected chi connectivity index (χ0v) is 10.0. The Morgan fingerprint density at radius 1 is 1.00 bits per heavy atom. The molecule has 0 aromatic carbocycles. The number of ether oxygens (including phenoxy) is 1. The van der Waals surface area contributed by atoms with Crippen molar-refractivity contribution in [1.29, 1.82) is 0 Å². The normalized spacial score (nSPS) is 16.4. The van der Waals surface area contributed by atoms with E-state index < -0.39 is 5.60 Å². The summed E-state index contributed by atoms with van der Waals surface area (Å²) in [5.41, 5.74) is -0.976. The molecular weight excluding hydrogens is 164 g/mol. The summed E-state index contributed by atoms with van der Waals surface area (Å²) in [6, 6.07) is 0. The molecular formula is C11H24O2. The fraction of sp³-hybridized carbons (Fsp3) is 1.00. The van der Waals surface area contributed by atoms with E-state index in [9.17, 15) is 5.11 Å². The molecule has 2 nitrogen and oxygen atoms in total. The van der Waals surface area contributed by atoms with E-state index in [2.05, 4.69) is 13.8 Å². The minimum Gasteiger partial charge on any atom is -0.388 e. The molecule has 0 aliphatic heterocycles. The lowest BCUT2D eigenvalue weighted by atomic mass is 9.91. The van der Waals surface area contributed by atoms with Gasteiger partial charge in [0.2, 0.25) is 0 Å². The molecule has 80 valence electrons. The standard InChI is InChI=1S/C11H24O2/c1-8(2)9(11(6,7)12)13-10(3,4)5/h8-9,12H,1-7H3/t9-/m0/s1. The van der Waals surface area contributed by atoms with Gasteiger partial charge in [0.1, 0.15) is 0 Å². The molecule has 0 bridgehead atoms. The Morgan fingerprint density at radius 3 is 1.46 bits per heavy atom. The molecule has 0 aromatic rings. The number of hydrogen-bond acceptors (Lipinski definition) is 2. The average Bonchev–Trinajstić information content (AvgIpc) is 1.77. The van der Waals surface area contributed by atoms with Gasteiger partial charge in [0, 0.05) is 0 Å². The maximum Gasteiger partial charge on any atom is 0.0886 e. The Bertz CT molecular complexity index is 148. The second kappa shape index (κ2) is 3.97. The van der Waals surface area contributed by atoms with Crippen molar-refractivity contribution in [3.05, 3.63) is 0 Å². The van der Waals surface area contributed by atoms with Crippen LogP contribution in [-0.2, 0) is 4.74 Å². The largest absolute Gasteiger partial charge is 0.388 e. The molecule has 0 aromatic heterocycles. The third kappa shape index (κ3) is 5.27. The van der Waals surface area contributed by atoms with Gasteiger partial charge in [0.05, 0.1) is 17.3 Å². The van der Waals surface area contributed by atoms with Crippen LogP contribution in [0, 0.1) is 5.92 Å². The first-order valence-electron chi connectivity index (χ1n) is 4.94. The zero-order chi connectivity index (χ0) is 10.9. The van der Waals surface area contributed by atoms with Crippen LogP contribution in [0.4, 0.5) is 0 Å². The second-order valence-electron chi connectivity index (χ2n) is 5.55. The van der Waals surface area contributed by atoms with Gasteiger partial charge in [0.25, 0.3) is 0 Å². The third-order valence-electron chi connectivity index (χ3n) is 1.78. The molecule has 1 N–H and O–H groups in total. The van der Waals surface area contributed by atoms with Gasteiger partial charge in [-0.05, 0) is 40.5 Å². The van der Waals surface area contributed by atoms with Crippen molar-refractivity contribution in [3.63, 3.8) is 0 Å². The lowest BCUT2D eigenvalue weighted by molar-refractivity contribution is -0.162. The van der Waals surface area contributed by atoms with Crippen LogP contribution in [0.2, 0.25) is 0 Å². The molecule has 0 aliphatic carbocycles. The Morgan fingerprint density at radius 2 is 1.38 bits per heavy atom. The van der Waals surface area contributed by atoms with Crippen molar-refractivity contribution in [2.24, 2.45) is 5.92 Å². The van der Waals surface area contributed by atoms with Gasteiger partial charge in [-0.25, -0.2) is 0 Å². The van der Waals surface area contributed by atoms with Gasteiger partial charge < -0.3 is 9.84 Å². The van der Waals surface area contributed by atoms with E-state index >= 15 is 0 Å². The summed E-state index contributed by atoms with van der Waals surface area (Å²) < 4.78 is 5.81. The van der Waals surface area contributed by atoms with Gasteiger partial charge in [-0.2, -0.15) is 0 Å². The van der Waals surface area contributed by atoms with Crippen LogP contribution in [0.3, 0.4) is 0 Å². The summed E-state index contributed by atoms with van der Waals surface area (Å²) >= 11 is 0. The van der Waals surface area contributed by atoms with Gasteiger partial charge in [-0.3, -0.25) is 0 Å². The van der Waals surface area contributed by atoms with Crippen molar-refractivity contribution >= 4 is 0 Å². The second-order valence-corrected chi connectivity index (χ2v) is 5.55. The molecule has 0 aliphatic rings. The summed E-state index contributed by atoms with van der Waals surface area (Å²) in [7, 11) is 0. The van der Waals surface area contributed by atoms with Crippen LogP contribution in [0.5, 0.6) is 0 Å². The third-order valence-corrected chi connectivity index (χ3v) is 1.78. The predicted molar refractivity (Wildman–Crippen MR) is 55.8 cm³/mol. The number of hydrogen-bond donors (Lipinski definition) is 1. The summed E-state index contributed by atoms with van der Waals surface area (Å²) in [6.07, 6.45) is -0.118. The molecule has 1 atom stereocenters. The van der Waals surface area contributed by atoms with Gasteiger partial charge in [-0.15, -0.1) is 0 Å². The van der Waals surface area contributed by atoms with Crippen molar-refractivity contribution in [2.75, 3.05) is 0 Å². The van der Waals surface area contributed by atoms with E-state index in [0.29, 0.717) is 5.92 Å². The highest BCUT2D eigenvalue weighted by molar-refractivity contribution is 4.83. The van der Waals surface area contributed by atoms with Crippen LogP contribution in [0.25, 0.3) is 0 Å². The van der Waals surface area contributed by atoms with E-state index in [4.69, 9.17) is 4.74 Å². The summed E-state index contributed by atoms with van der Waals surface area (Å²) in [6.45, 7) is 13.7. The number of aliphatic hydroxyl groups is 1. The quantitative estimate of drug-likeness (QED) is 0.737. The van der Waals surface area contributed by atoms with E-state index in [0.717, 1.165) is 0 Å². The monoisotopic (exact) mass is 188 g/mol. The molecule has 2 heteroatoms. The number of rotatable bonds is 3. The fourth-order valence-corrected chi connectivity index (χ4v) is 1.48. The molecule has 0 radical (unpaired) electrons. The maximum absolute atomic E-state index is 9.89. The average molecular weight is 188 g/mol. The van der Waals surface area contributed by atoms with Crippen molar-refractivity contribution < 1.29 is 9.84 Å². The zero-order valence-electron chi connectivity index (χ0n) is 10.0. The Balaban J connectivity index is 4.47. The SMILES string of the molecule is CC(C)[C@H](OC(C)(C)C)C(C)(C)O. The highest BCUT2D eigenvalue weighted by Crippen LogP contribution is 2.25. The van der Waals surface area contributed by atoms with E-state index in [1.54, 1.807) is 13.8 Å². The Kier molecular flexibility index (Phi) is 3.95. The molecule has 0 saturated carbocycles. The molecule has 0 spiro atoms. The van der Waals surface area contributed by atoms with Crippen molar-refractivity contribution in [3.8, 4) is 0 Å². The Hall–Kier alpha value is -0.0800. The topological polar surface area (TPSA) is 29.5 Å². The van der Waals surface area contributed by atoms with Gasteiger partial charge in [0.15, 0.2) is 0 Å². The minimum atomic E-state index is -0.776. The van der Waals surface area contributed by atoms with E-state index in [1.165, 1.54) is 0 Å². The first-order valence-corrected chi connectivity index (χ1v) is 4.94. The van der Waals surface area contributed by atoms with Crippen LogP contribution < -0.4 is 0 Å². The molecule has 0 fully saturated rings. The van der Waals surface area contributed by atoms with Crippen LogP contribution >= 0.6 is 0 Å². The Labute approximate surface area is 82.3 Å². The summed E-state index contributed by atoms with van der Waals surface area (Å²) in [4.78, 5) is 0. The van der Waals surface area contributed by atoms with Crippen LogP contribution in [0.15, 0.2) is 0 Å². The lowest BCUT2D eigenvalue weighted by Gasteiger charge is -2.37. The fourth-order valence-electron chi connectivity index (χ4n) is 1.48. The molecule has 0 unspecified atom stereocenters. The highest BCUT2D eigenvalue weighted by atomic mass is 16.5. The summed E-state index contributed by atoms with van der Waals surface area (Å²) in [5, 5.41) is 9.89. The van der Waals surface area contributed by atoms with Crippen molar-refractivity contribution in [1.82, 2.24) is 0 Å². The molecule has 13 heavy (non-hydrogen) atoms. The van der Waals surface area contributed by atoms with Gasteiger partial charge in [-0.1, -0.05) is 13.8 Å². The summed E-state index contributed by atoms with van der Waals surface area (Å²) in [5.74, 6) is 0.319. The van der Waals surface area contributed by atoms with E-state index in [-0.39, 0.29) is 11.7 Å². The molecule has 0 amide bonds.